The lowest BCUT2D eigenvalue weighted by atomic mass is 9.83. The van der Waals surface area contributed by atoms with E-state index in [1.807, 2.05) is 0 Å². The minimum Gasteiger partial charge on any atom is -0.381 e. The summed E-state index contributed by atoms with van der Waals surface area (Å²) >= 11 is 0. The summed E-state index contributed by atoms with van der Waals surface area (Å²) in [6.45, 7) is 17.2. The Balaban J connectivity index is 2.53. The van der Waals surface area contributed by atoms with E-state index in [4.69, 9.17) is 10.5 Å². The van der Waals surface area contributed by atoms with Gasteiger partial charge in [0, 0.05) is 24.6 Å². The molecule has 0 aromatic carbocycles. The molecule has 1 fully saturated rings. The van der Waals surface area contributed by atoms with Crippen LogP contribution in [-0.2, 0) is 4.74 Å². The molecule has 0 aromatic rings. The fraction of sp³-hybridized carbons (Fsp3) is 1.00. The molecule has 0 aliphatic carbocycles. The van der Waals surface area contributed by atoms with Crippen LogP contribution in [0, 0.1) is 5.92 Å². The molecule has 0 aromatic heterocycles. The number of nitrogens with zero attached hydrogens (tertiary/aromatic N) is 2. The van der Waals surface area contributed by atoms with Crippen LogP contribution in [-0.4, -0.2) is 67.8 Å². The van der Waals surface area contributed by atoms with Crippen LogP contribution in [0.1, 0.15) is 40.5 Å². The molecule has 0 saturated carbocycles. The molecule has 2 N–H and O–H groups in total. The van der Waals surface area contributed by atoms with Crippen LogP contribution in [0.15, 0.2) is 0 Å². The molecule has 1 saturated heterocycles. The zero-order chi connectivity index (χ0) is 15.0. The van der Waals surface area contributed by atoms with Crippen LogP contribution in [0.25, 0.3) is 0 Å². The van der Waals surface area contributed by atoms with Gasteiger partial charge in [-0.15, -0.1) is 0 Å². The summed E-state index contributed by atoms with van der Waals surface area (Å²) in [5.74, 6) is 0.584. The van der Waals surface area contributed by atoms with Gasteiger partial charge in [0.15, 0.2) is 0 Å². The standard InChI is InChI=1S/C16H35N3O/c1-5-18(6-2)10-8-11-19(7-3)16(4,14-17)15-9-12-20-13-15/h15H,5-14,17H2,1-4H3. The molecule has 0 amide bonds. The summed E-state index contributed by atoms with van der Waals surface area (Å²) in [4.78, 5) is 5.07. The van der Waals surface area contributed by atoms with Gasteiger partial charge >= 0.3 is 0 Å². The first-order chi connectivity index (χ1) is 9.62. The van der Waals surface area contributed by atoms with Crippen LogP contribution in [0.4, 0.5) is 0 Å². The van der Waals surface area contributed by atoms with Gasteiger partial charge in [-0.2, -0.15) is 0 Å². The van der Waals surface area contributed by atoms with Gasteiger partial charge in [0.1, 0.15) is 0 Å². The first-order valence-corrected chi connectivity index (χ1v) is 8.37. The predicted molar refractivity (Wildman–Crippen MR) is 86.0 cm³/mol. The third-order valence-electron chi connectivity index (χ3n) is 5.12. The topological polar surface area (TPSA) is 41.7 Å². The van der Waals surface area contributed by atoms with E-state index < -0.39 is 0 Å². The van der Waals surface area contributed by atoms with Crippen molar-refractivity contribution in [2.75, 3.05) is 52.5 Å². The summed E-state index contributed by atoms with van der Waals surface area (Å²) < 4.78 is 5.59. The molecule has 4 nitrogen and oxygen atoms in total. The summed E-state index contributed by atoms with van der Waals surface area (Å²) in [5, 5.41) is 0. The fourth-order valence-electron chi connectivity index (χ4n) is 3.38. The summed E-state index contributed by atoms with van der Waals surface area (Å²) in [6, 6.07) is 0. The molecule has 2 unspecified atom stereocenters. The maximum absolute atomic E-state index is 6.14. The highest BCUT2D eigenvalue weighted by molar-refractivity contribution is 4.95. The van der Waals surface area contributed by atoms with Crippen molar-refractivity contribution >= 4 is 0 Å². The van der Waals surface area contributed by atoms with Crippen LogP contribution < -0.4 is 5.73 Å². The molecule has 1 rings (SSSR count). The molecule has 120 valence electrons. The maximum Gasteiger partial charge on any atom is 0.0513 e. The van der Waals surface area contributed by atoms with Crippen molar-refractivity contribution in [3.8, 4) is 0 Å². The molecule has 0 spiro atoms. The van der Waals surface area contributed by atoms with Crippen molar-refractivity contribution in [1.29, 1.82) is 0 Å². The Morgan fingerprint density at radius 1 is 1.15 bits per heavy atom. The first-order valence-electron chi connectivity index (χ1n) is 8.37. The lowest BCUT2D eigenvalue weighted by molar-refractivity contribution is 0.0461. The van der Waals surface area contributed by atoms with E-state index in [1.165, 1.54) is 13.0 Å². The molecular weight excluding hydrogens is 250 g/mol. The van der Waals surface area contributed by atoms with Gasteiger partial charge in [0.05, 0.1) is 6.61 Å². The minimum absolute atomic E-state index is 0.0918. The van der Waals surface area contributed by atoms with E-state index in [-0.39, 0.29) is 5.54 Å². The molecular formula is C16H35N3O. The van der Waals surface area contributed by atoms with Crippen LogP contribution in [0.2, 0.25) is 0 Å². The third kappa shape index (κ3) is 4.42. The van der Waals surface area contributed by atoms with Gasteiger partial charge in [-0.3, -0.25) is 4.90 Å². The molecule has 1 aliphatic rings. The van der Waals surface area contributed by atoms with Gasteiger partial charge in [-0.05, 0) is 52.5 Å². The second-order valence-electron chi connectivity index (χ2n) is 6.08. The van der Waals surface area contributed by atoms with Crippen LogP contribution in [0.3, 0.4) is 0 Å². The molecule has 0 radical (unpaired) electrons. The number of rotatable bonds is 10. The molecule has 1 heterocycles. The van der Waals surface area contributed by atoms with Crippen molar-refractivity contribution in [3.63, 3.8) is 0 Å². The van der Waals surface area contributed by atoms with Gasteiger partial charge in [0.2, 0.25) is 0 Å². The highest BCUT2D eigenvalue weighted by Crippen LogP contribution is 2.30. The lowest BCUT2D eigenvalue weighted by Crippen LogP contribution is -2.57. The maximum atomic E-state index is 6.14. The Bertz CT molecular complexity index is 252. The van der Waals surface area contributed by atoms with Crippen molar-refractivity contribution in [2.45, 2.75) is 46.1 Å². The zero-order valence-corrected chi connectivity index (χ0v) is 14.0. The SMILES string of the molecule is CCN(CC)CCCN(CC)C(C)(CN)C1CCOC1. The smallest absolute Gasteiger partial charge is 0.0513 e. The quantitative estimate of drug-likeness (QED) is 0.664. The molecule has 2 atom stereocenters. The van der Waals surface area contributed by atoms with Gasteiger partial charge in [0.25, 0.3) is 0 Å². The Labute approximate surface area is 125 Å². The number of hydrogen-bond donors (Lipinski definition) is 1. The van der Waals surface area contributed by atoms with Crippen molar-refractivity contribution in [1.82, 2.24) is 9.80 Å². The van der Waals surface area contributed by atoms with Crippen LogP contribution in [0.5, 0.6) is 0 Å². The van der Waals surface area contributed by atoms with Crippen molar-refractivity contribution < 1.29 is 4.74 Å². The molecule has 20 heavy (non-hydrogen) atoms. The summed E-state index contributed by atoms with van der Waals surface area (Å²) in [6.07, 6.45) is 2.37. The van der Waals surface area contributed by atoms with E-state index >= 15 is 0 Å². The molecule has 1 aliphatic heterocycles. The zero-order valence-electron chi connectivity index (χ0n) is 14.0. The normalized spacial score (nSPS) is 22.6. The van der Waals surface area contributed by atoms with E-state index in [0.717, 1.165) is 52.4 Å². The Kier molecular flexibility index (Phi) is 8.03. The number of ether oxygens (including phenoxy) is 1. The first kappa shape index (κ1) is 17.9. The van der Waals surface area contributed by atoms with Gasteiger partial charge in [-0.1, -0.05) is 20.8 Å². The third-order valence-corrected chi connectivity index (χ3v) is 5.12. The number of hydrogen-bond acceptors (Lipinski definition) is 4. The van der Waals surface area contributed by atoms with Crippen molar-refractivity contribution in [3.05, 3.63) is 0 Å². The Morgan fingerprint density at radius 3 is 2.30 bits per heavy atom. The van der Waals surface area contributed by atoms with Gasteiger partial charge < -0.3 is 15.4 Å². The highest BCUT2D eigenvalue weighted by Gasteiger charge is 2.39. The highest BCUT2D eigenvalue weighted by atomic mass is 16.5. The second-order valence-corrected chi connectivity index (χ2v) is 6.08. The van der Waals surface area contributed by atoms with E-state index in [0.29, 0.717) is 5.92 Å². The largest absolute Gasteiger partial charge is 0.381 e. The fourth-order valence-corrected chi connectivity index (χ4v) is 3.38. The number of nitrogens with two attached hydrogens (primary N) is 1. The second kappa shape index (κ2) is 8.98. The average molecular weight is 285 g/mol. The van der Waals surface area contributed by atoms with Crippen molar-refractivity contribution in [2.24, 2.45) is 11.7 Å². The van der Waals surface area contributed by atoms with E-state index in [2.05, 4.69) is 37.5 Å². The monoisotopic (exact) mass is 285 g/mol. The van der Waals surface area contributed by atoms with Crippen LogP contribution >= 0.6 is 0 Å². The number of likely N-dealkylation sites (N-methyl/N-ethyl adjacent to an activating group) is 1. The summed E-state index contributed by atoms with van der Waals surface area (Å²) in [5.41, 5.74) is 6.23. The lowest BCUT2D eigenvalue weighted by Gasteiger charge is -2.44. The Hall–Kier alpha value is -0.160. The molecule has 0 bridgehead atoms. The predicted octanol–water partition coefficient (Wildman–Crippen LogP) is 1.79. The van der Waals surface area contributed by atoms with Gasteiger partial charge in [-0.25, -0.2) is 0 Å². The molecule has 4 heteroatoms. The van der Waals surface area contributed by atoms with E-state index in [9.17, 15) is 0 Å². The van der Waals surface area contributed by atoms with E-state index in [1.54, 1.807) is 0 Å². The Morgan fingerprint density at radius 2 is 1.85 bits per heavy atom. The average Bonchev–Trinajstić information content (AvgIpc) is 3.01. The summed E-state index contributed by atoms with van der Waals surface area (Å²) in [7, 11) is 0. The minimum atomic E-state index is 0.0918.